The van der Waals surface area contributed by atoms with Crippen LogP contribution in [-0.2, 0) is 0 Å². The standard InChI is InChI=1S/C13H20FNO2/c1-13(16,10-15)8-4-5-9-17-12-7-3-2-6-11(12)14/h2-3,6-7,16H,4-5,8-10,15H2,1H3. The van der Waals surface area contributed by atoms with Gasteiger partial charge in [0.25, 0.3) is 0 Å². The minimum Gasteiger partial charge on any atom is -0.491 e. The molecule has 3 N–H and O–H groups in total. The van der Waals surface area contributed by atoms with Crippen molar-refractivity contribution in [2.45, 2.75) is 31.8 Å². The molecule has 0 aliphatic rings. The number of para-hydroxylation sites is 1. The summed E-state index contributed by atoms with van der Waals surface area (Å²) in [7, 11) is 0. The van der Waals surface area contributed by atoms with E-state index in [1.165, 1.54) is 6.07 Å². The third-order valence-corrected chi connectivity index (χ3v) is 2.64. The molecule has 1 aromatic rings. The first-order valence-corrected chi connectivity index (χ1v) is 5.85. The third kappa shape index (κ3) is 5.15. The van der Waals surface area contributed by atoms with E-state index < -0.39 is 5.60 Å². The number of aliphatic hydroxyl groups is 1. The molecule has 1 rings (SSSR count). The van der Waals surface area contributed by atoms with Gasteiger partial charge in [-0.2, -0.15) is 0 Å². The Balaban J connectivity index is 2.19. The van der Waals surface area contributed by atoms with Gasteiger partial charge < -0.3 is 15.6 Å². The predicted molar refractivity (Wildman–Crippen MR) is 65.4 cm³/mol. The Morgan fingerprint density at radius 3 is 2.71 bits per heavy atom. The van der Waals surface area contributed by atoms with Gasteiger partial charge in [0.2, 0.25) is 0 Å². The average Bonchev–Trinajstić information content (AvgIpc) is 2.31. The molecule has 0 spiro atoms. The van der Waals surface area contributed by atoms with Crippen LogP contribution in [0.4, 0.5) is 4.39 Å². The minimum absolute atomic E-state index is 0.251. The fourth-order valence-electron chi connectivity index (χ4n) is 1.45. The molecule has 0 saturated heterocycles. The predicted octanol–water partition coefficient (Wildman–Crippen LogP) is 2.08. The zero-order valence-electron chi connectivity index (χ0n) is 10.2. The van der Waals surface area contributed by atoms with Gasteiger partial charge in [0.15, 0.2) is 11.6 Å². The summed E-state index contributed by atoms with van der Waals surface area (Å²) in [6.07, 6.45) is 2.20. The molecule has 0 amide bonds. The van der Waals surface area contributed by atoms with E-state index in [-0.39, 0.29) is 18.1 Å². The second kappa shape index (κ2) is 6.57. The normalized spacial score (nSPS) is 14.4. The summed E-state index contributed by atoms with van der Waals surface area (Å²) in [5.74, 6) is -0.0699. The highest BCUT2D eigenvalue weighted by molar-refractivity contribution is 5.23. The topological polar surface area (TPSA) is 55.5 Å². The summed E-state index contributed by atoms with van der Waals surface area (Å²) in [5.41, 5.74) is 4.59. The molecule has 0 aliphatic carbocycles. The molecule has 17 heavy (non-hydrogen) atoms. The number of unbranched alkanes of at least 4 members (excludes halogenated alkanes) is 1. The molecule has 0 bridgehead atoms. The van der Waals surface area contributed by atoms with Crippen LogP contribution in [0.15, 0.2) is 24.3 Å². The van der Waals surface area contributed by atoms with E-state index in [1.54, 1.807) is 25.1 Å². The Hall–Kier alpha value is -1.13. The molecule has 0 aromatic heterocycles. The van der Waals surface area contributed by atoms with Gasteiger partial charge in [0.1, 0.15) is 0 Å². The van der Waals surface area contributed by atoms with Crippen LogP contribution in [-0.4, -0.2) is 23.9 Å². The summed E-state index contributed by atoms with van der Waals surface area (Å²) in [5, 5.41) is 9.66. The summed E-state index contributed by atoms with van der Waals surface area (Å²) in [4.78, 5) is 0. The van der Waals surface area contributed by atoms with Crippen molar-refractivity contribution in [3.05, 3.63) is 30.1 Å². The Morgan fingerprint density at radius 1 is 1.35 bits per heavy atom. The number of rotatable bonds is 7. The van der Waals surface area contributed by atoms with E-state index in [2.05, 4.69) is 0 Å². The summed E-state index contributed by atoms with van der Waals surface area (Å²) < 4.78 is 18.5. The highest BCUT2D eigenvalue weighted by atomic mass is 19.1. The minimum atomic E-state index is -0.808. The van der Waals surface area contributed by atoms with E-state index >= 15 is 0 Å². The largest absolute Gasteiger partial charge is 0.491 e. The molecule has 3 nitrogen and oxygen atoms in total. The maximum absolute atomic E-state index is 13.2. The SMILES string of the molecule is CC(O)(CN)CCCCOc1ccccc1F. The molecule has 96 valence electrons. The van der Waals surface area contributed by atoms with E-state index in [0.717, 1.165) is 12.8 Å². The van der Waals surface area contributed by atoms with E-state index in [9.17, 15) is 9.50 Å². The Kier molecular flexibility index (Phi) is 5.38. The number of hydrogen-bond donors (Lipinski definition) is 2. The molecule has 0 saturated carbocycles. The first kappa shape index (κ1) is 13.9. The van der Waals surface area contributed by atoms with Crippen molar-refractivity contribution in [2.75, 3.05) is 13.2 Å². The van der Waals surface area contributed by atoms with Crippen LogP contribution in [0.5, 0.6) is 5.75 Å². The van der Waals surface area contributed by atoms with Crippen molar-refractivity contribution in [1.82, 2.24) is 0 Å². The van der Waals surface area contributed by atoms with Crippen molar-refractivity contribution < 1.29 is 14.2 Å². The fraction of sp³-hybridized carbons (Fsp3) is 0.538. The molecule has 0 fully saturated rings. The van der Waals surface area contributed by atoms with Crippen LogP contribution in [0.25, 0.3) is 0 Å². The van der Waals surface area contributed by atoms with Gasteiger partial charge in [0, 0.05) is 6.54 Å². The van der Waals surface area contributed by atoms with Crippen LogP contribution in [0.1, 0.15) is 26.2 Å². The van der Waals surface area contributed by atoms with E-state index in [4.69, 9.17) is 10.5 Å². The van der Waals surface area contributed by atoms with Gasteiger partial charge >= 0.3 is 0 Å². The van der Waals surface area contributed by atoms with Crippen molar-refractivity contribution in [1.29, 1.82) is 0 Å². The van der Waals surface area contributed by atoms with Crippen molar-refractivity contribution in [2.24, 2.45) is 5.73 Å². The molecule has 1 unspecified atom stereocenters. The number of nitrogens with two attached hydrogens (primary N) is 1. The first-order chi connectivity index (χ1) is 8.05. The van der Waals surface area contributed by atoms with Gasteiger partial charge in [0.05, 0.1) is 12.2 Å². The van der Waals surface area contributed by atoms with Crippen molar-refractivity contribution in [3.8, 4) is 5.75 Å². The lowest BCUT2D eigenvalue weighted by atomic mass is 10.00. The van der Waals surface area contributed by atoms with E-state index in [0.29, 0.717) is 13.0 Å². The highest BCUT2D eigenvalue weighted by Crippen LogP contribution is 2.16. The van der Waals surface area contributed by atoms with Gasteiger partial charge in [-0.05, 0) is 38.3 Å². The van der Waals surface area contributed by atoms with E-state index in [1.807, 2.05) is 0 Å². The number of hydrogen-bond acceptors (Lipinski definition) is 3. The molecule has 0 heterocycles. The van der Waals surface area contributed by atoms with Crippen LogP contribution in [0.3, 0.4) is 0 Å². The average molecular weight is 241 g/mol. The lowest BCUT2D eigenvalue weighted by Crippen LogP contribution is -2.33. The molecular formula is C13H20FNO2. The summed E-state index contributed by atoms with van der Waals surface area (Å²) in [6, 6.07) is 6.33. The lowest BCUT2D eigenvalue weighted by molar-refractivity contribution is 0.0561. The molecule has 1 atom stereocenters. The Morgan fingerprint density at radius 2 is 2.06 bits per heavy atom. The van der Waals surface area contributed by atoms with Gasteiger partial charge in [-0.3, -0.25) is 0 Å². The second-order valence-electron chi connectivity index (χ2n) is 4.44. The Bertz CT molecular complexity index is 342. The molecule has 0 aliphatic heterocycles. The van der Waals surface area contributed by atoms with Gasteiger partial charge in [-0.1, -0.05) is 12.1 Å². The smallest absolute Gasteiger partial charge is 0.165 e. The van der Waals surface area contributed by atoms with Crippen LogP contribution >= 0.6 is 0 Å². The lowest BCUT2D eigenvalue weighted by Gasteiger charge is -2.20. The zero-order chi connectivity index (χ0) is 12.7. The van der Waals surface area contributed by atoms with Crippen molar-refractivity contribution in [3.63, 3.8) is 0 Å². The van der Waals surface area contributed by atoms with Crippen molar-refractivity contribution >= 4 is 0 Å². The first-order valence-electron chi connectivity index (χ1n) is 5.85. The summed E-state index contributed by atoms with van der Waals surface area (Å²) in [6.45, 7) is 2.41. The number of ether oxygens (including phenoxy) is 1. The third-order valence-electron chi connectivity index (χ3n) is 2.64. The second-order valence-corrected chi connectivity index (χ2v) is 4.44. The Labute approximate surface area is 101 Å². The zero-order valence-corrected chi connectivity index (χ0v) is 10.2. The van der Waals surface area contributed by atoms with Crippen LogP contribution < -0.4 is 10.5 Å². The maximum atomic E-state index is 13.2. The van der Waals surface area contributed by atoms with Crippen LogP contribution in [0, 0.1) is 5.82 Å². The monoisotopic (exact) mass is 241 g/mol. The fourth-order valence-corrected chi connectivity index (χ4v) is 1.45. The summed E-state index contributed by atoms with van der Waals surface area (Å²) >= 11 is 0. The van der Waals surface area contributed by atoms with Gasteiger partial charge in [-0.15, -0.1) is 0 Å². The van der Waals surface area contributed by atoms with Gasteiger partial charge in [-0.25, -0.2) is 4.39 Å². The molecule has 0 radical (unpaired) electrons. The molecule has 1 aromatic carbocycles. The molecular weight excluding hydrogens is 221 g/mol. The molecule has 4 heteroatoms. The maximum Gasteiger partial charge on any atom is 0.165 e. The van der Waals surface area contributed by atoms with Crippen LogP contribution in [0.2, 0.25) is 0 Å². The number of halogens is 1. The quantitative estimate of drug-likeness (QED) is 0.719. The highest BCUT2D eigenvalue weighted by Gasteiger charge is 2.16. The number of benzene rings is 1.